The predicted molar refractivity (Wildman–Crippen MR) is 106 cm³/mol. The van der Waals surface area contributed by atoms with E-state index in [1.807, 2.05) is 0 Å². The number of unbranched alkanes of at least 4 members (excludes halogenated alkanes) is 9. The molecule has 4 N–H and O–H groups in total. The van der Waals surface area contributed by atoms with Crippen LogP contribution in [0.15, 0.2) is 24.3 Å². The lowest BCUT2D eigenvalue weighted by molar-refractivity contribution is -0.132. The van der Waals surface area contributed by atoms with Gasteiger partial charge in [0, 0.05) is 37.4 Å². The Morgan fingerprint density at radius 3 is 1.07 bits per heavy atom. The van der Waals surface area contributed by atoms with Gasteiger partial charge in [-0.1, -0.05) is 51.4 Å². The third-order valence-electron chi connectivity index (χ3n) is 3.96. The molecule has 0 aromatic rings. The van der Waals surface area contributed by atoms with E-state index >= 15 is 0 Å². The first-order valence-corrected chi connectivity index (χ1v) is 9.79. The second kappa shape index (κ2) is 17.8. The maximum absolute atomic E-state index is 11.2. The fourth-order valence-corrected chi connectivity index (χ4v) is 2.50. The number of nitrogens with one attached hydrogen (secondary N) is 2. The Morgan fingerprint density at radius 2 is 0.786 bits per heavy atom. The van der Waals surface area contributed by atoms with Crippen molar-refractivity contribution in [1.82, 2.24) is 10.6 Å². The quantitative estimate of drug-likeness (QED) is 0.220. The van der Waals surface area contributed by atoms with Gasteiger partial charge in [-0.3, -0.25) is 9.59 Å². The number of rotatable bonds is 17. The Kier molecular flexibility index (Phi) is 16.1. The van der Waals surface area contributed by atoms with Gasteiger partial charge in [-0.2, -0.15) is 0 Å². The van der Waals surface area contributed by atoms with Gasteiger partial charge in [0.15, 0.2) is 0 Å². The number of carboxylic acid groups (broad SMARTS) is 2. The van der Waals surface area contributed by atoms with Crippen molar-refractivity contribution in [1.29, 1.82) is 0 Å². The number of aliphatic carboxylic acids is 2. The highest BCUT2D eigenvalue weighted by atomic mass is 16.4. The molecule has 8 heteroatoms. The first-order valence-electron chi connectivity index (χ1n) is 9.79. The molecule has 0 aliphatic heterocycles. The molecule has 0 radical (unpaired) electrons. The summed E-state index contributed by atoms with van der Waals surface area (Å²) in [5.74, 6) is -3.02. The molecular formula is C20H32N2O6. The lowest BCUT2D eigenvalue weighted by atomic mass is 10.1. The zero-order valence-electron chi connectivity index (χ0n) is 16.3. The smallest absolute Gasteiger partial charge is 0.328 e. The van der Waals surface area contributed by atoms with Crippen molar-refractivity contribution in [2.24, 2.45) is 0 Å². The van der Waals surface area contributed by atoms with Crippen LogP contribution < -0.4 is 10.6 Å². The van der Waals surface area contributed by atoms with E-state index in [1.165, 1.54) is 25.7 Å². The minimum absolute atomic E-state index is 0.376. The molecule has 0 fully saturated rings. The molecule has 0 aromatic heterocycles. The maximum atomic E-state index is 11.2. The van der Waals surface area contributed by atoms with Crippen LogP contribution in [-0.4, -0.2) is 47.1 Å². The summed E-state index contributed by atoms with van der Waals surface area (Å²) in [5, 5.41) is 22.1. The lowest BCUT2D eigenvalue weighted by Gasteiger charge is -2.04. The van der Waals surface area contributed by atoms with Gasteiger partial charge < -0.3 is 20.8 Å². The van der Waals surface area contributed by atoms with Crippen LogP contribution in [0.2, 0.25) is 0 Å². The molecule has 0 unspecified atom stereocenters. The maximum Gasteiger partial charge on any atom is 0.328 e. The Labute approximate surface area is 166 Å². The van der Waals surface area contributed by atoms with E-state index in [9.17, 15) is 19.2 Å². The molecule has 158 valence electrons. The Balaban J connectivity index is 3.30. The average Bonchev–Trinajstić information content (AvgIpc) is 2.64. The van der Waals surface area contributed by atoms with Gasteiger partial charge in [0.25, 0.3) is 0 Å². The SMILES string of the molecule is O=C(O)/C=C\C(=O)NCCCCCCCCCCCCNC(=O)/C=C\C(=O)O. The van der Waals surface area contributed by atoms with Crippen molar-refractivity contribution in [3.05, 3.63) is 24.3 Å². The first kappa shape index (κ1) is 25.4. The fourth-order valence-electron chi connectivity index (χ4n) is 2.50. The van der Waals surface area contributed by atoms with Gasteiger partial charge >= 0.3 is 11.9 Å². The van der Waals surface area contributed by atoms with Gasteiger partial charge in [0.05, 0.1) is 0 Å². The largest absolute Gasteiger partial charge is 0.478 e. The van der Waals surface area contributed by atoms with E-state index in [2.05, 4.69) is 10.6 Å². The van der Waals surface area contributed by atoms with Crippen molar-refractivity contribution >= 4 is 23.8 Å². The number of carboxylic acids is 2. The summed E-state index contributed by atoms with van der Waals surface area (Å²) < 4.78 is 0. The molecule has 0 aromatic carbocycles. The molecule has 0 aliphatic rings. The van der Waals surface area contributed by atoms with Crippen molar-refractivity contribution in [2.75, 3.05) is 13.1 Å². The van der Waals surface area contributed by atoms with E-state index in [0.717, 1.165) is 62.8 Å². The molecule has 0 saturated heterocycles. The van der Waals surface area contributed by atoms with Crippen molar-refractivity contribution in [3.63, 3.8) is 0 Å². The van der Waals surface area contributed by atoms with Crippen LogP contribution in [0.1, 0.15) is 64.2 Å². The number of carbonyl (C=O) groups excluding carboxylic acids is 2. The zero-order valence-corrected chi connectivity index (χ0v) is 16.3. The highest BCUT2D eigenvalue weighted by Crippen LogP contribution is 2.10. The highest BCUT2D eigenvalue weighted by Gasteiger charge is 1.98. The van der Waals surface area contributed by atoms with Crippen LogP contribution in [0, 0.1) is 0 Å². The molecule has 0 bridgehead atoms. The average molecular weight is 396 g/mol. The molecule has 2 amide bonds. The van der Waals surface area contributed by atoms with E-state index < -0.39 is 11.9 Å². The fraction of sp³-hybridized carbons (Fsp3) is 0.600. The third-order valence-corrected chi connectivity index (χ3v) is 3.96. The summed E-state index contributed by atoms with van der Waals surface area (Å²) in [4.78, 5) is 43.0. The first-order chi connectivity index (χ1) is 13.4. The van der Waals surface area contributed by atoms with E-state index in [4.69, 9.17) is 10.2 Å². The normalized spacial score (nSPS) is 11.0. The molecule has 28 heavy (non-hydrogen) atoms. The molecule has 0 aliphatic carbocycles. The second-order valence-corrected chi connectivity index (χ2v) is 6.46. The number of carbonyl (C=O) groups is 4. The van der Waals surface area contributed by atoms with E-state index in [1.54, 1.807) is 0 Å². The second-order valence-electron chi connectivity index (χ2n) is 6.46. The summed E-state index contributed by atoms with van der Waals surface area (Å²) >= 11 is 0. The monoisotopic (exact) mass is 396 g/mol. The Hall–Kier alpha value is -2.64. The third kappa shape index (κ3) is 19.7. The summed E-state index contributed by atoms with van der Waals surface area (Å²) in [6.45, 7) is 1.12. The van der Waals surface area contributed by atoms with Crippen molar-refractivity contribution < 1.29 is 29.4 Å². The summed E-state index contributed by atoms with van der Waals surface area (Å²) in [7, 11) is 0. The zero-order chi connectivity index (χ0) is 21.0. The standard InChI is InChI=1S/C20H32N2O6/c23-17(11-13-19(25)26)21-15-9-7-5-3-1-2-4-6-8-10-16-22-18(24)12-14-20(27)28/h11-14H,1-10,15-16H2,(H,21,23)(H,22,24)(H,25,26)(H,27,28)/b13-11-,14-12-. The van der Waals surface area contributed by atoms with Crippen LogP contribution in [-0.2, 0) is 19.2 Å². The van der Waals surface area contributed by atoms with E-state index in [0.29, 0.717) is 13.1 Å². The van der Waals surface area contributed by atoms with E-state index in [-0.39, 0.29) is 11.8 Å². The molecule has 0 atom stereocenters. The van der Waals surface area contributed by atoms with Gasteiger partial charge in [0.2, 0.25) is 11.8 Å². The van der Waals surface area contributed by atoms with Gasteiger partial charge in [-0.15, -0.1) is 0 Å². The summed E-state index contributed by atoms with van der Waals surface area (Å²) in [6, 6.07) is 0. The molecule has 0 heterocycles. The number of amides is 2. The highest BCUT2D eigenvalue weighted by molar-refractivity contribution is 5.94. The number of hydrogen-bond acceptors (Lipinski definition) is 4. The summed E-state index contributed by atoms with van der Waals surface area (Å²) in [5.41, 5.74) is 0. The summed E-state index contributed by atoms with van der Waals surface area (Å²) in [6.07, 6.45) is 14.5. The molecule has 0 rings (SSSR count). The van der Waals surface area contributed by atoms with Crippen LogP contribution in [0.3, 0.4) is 0 Å². The Bertz CT molecular complexity index is 495. The van der Waals surface area contributed by atoms with Crippen molar-refractivity contribution in [2.45, 2.75) is 64.2 Å². The molecule has 0 spiro atoms. The topological polar surface area (TPSA) is 133 Å². The van der Waals surface area contributed by atoms with Crippen LogP contribution in [0.4, 0.5) is 0 Å². The van der Waals surface area contributed by atoms with Crippen LogP contribution in [0.25, 0.3) is 0 Å². The molecular weight excluding hydrogens is 364 g/mol. The van der Waals surface area contributed by atoms with Gasteiger partial charge in [-0.05, 0) is 12.8 Å². The minimum Gasteiger partial charge on any atom is -0.478 e. The number of hydrogen-bond donors (Lipinski definition) is 4. The molecule has 8 nitrogen and oxygen atoms in total. The molecule has 0 saturated carbocycles. The van der Waals surface area contributed by atoms with Crippen molar-refractivity contribution in [3.8, 4) is 0 Å². The van der Waals surface area contributed by atoms with Gasteiger partial charge in [-0.25, -0.2) is 9.59 Å². The minimum atomic E-state index is -1.13. The lowest BCUT2D eigenvalue weighted by Crippen LogP contribution is -2.22. The predicted octanol–water partition coefficient (Wildman–Crippen LogP) is 2.40. The van der Waals surface area contributed by atoms with Crippen LogP contribution in [0.5, 0.6) is 0 Å². The van der Waals surface area contributed by atoms with Crippen LogP contribution >= 0.6 is 0 Å². The Morgan fingerprint density at radius 1 is 0.500 bits per heavy atom. The van der Waals surface area contributed by atoms with Gasteiger partial charge in [0.1, 0.15) is 0 Å².